The smallest absolute Gasteiger partial charge is 0.338 e. The highest BCUT2D eigenvalue weighted by atomic mass is 19.1. The molecule has 2 aliphatic rings. The van der Waals surface area contributed by atoms with Crippen LogP contribution < -0.4 is 10.6 Å². The highest BCUT2D eigenvalue weighted by molar-refractivity contribution is 5.95. The van der Waals surface area contributed by atoms with E-state index in [1.54, 1.807) is 19.1 Å². The number of carbonyl (C=O) groups excluding carboxylic acids is 2. The number of hydrogen-bond donors (Lipinski definition) is 2. The van der Waals surface area contributed by atoms with Crippen molar-refractivity contribution in [1.29, 1.82) is 0 Å². The van der Waals surface area contributed by atoms with E-state index in [1.807, 2.05) is 18.2 Å². The zero-order chi connectivity index (χ0) is 21.8. The molecule has 0 saturated carbocycles. The number of nitrogens with zero attached hydrogens (tertiary/aromatic N) is 1. The molecule has 6 nitrogen and oxygen atoms in total. The quantitative estimate of drug-likeness (QED) is 0.698. The third-order valence-corrected chi connectivity index (χ3v) is 5.78. The van der Waals surface area contributed by atoms with E-state index in [4.69, 9.17) is 4.74 Å². The second kappa shape index (κ2) is 9.31. The minimum absolute atomic E-state index is 0.222. The molecule has 2 aromatic rings. The molecule has 31 heavy (non-hydrogen) atoms. The fourth-order valence-electron chi connectivity index (χ4n) is 4.29. The Kier molecular flexibility index (Phi) is 6.32. The fraction of sp³-hybridized carbons (Fsp3) is 0.333. The molecule has 2 aromatic carbocycles. The van der Waals surface area contributed by atoms with Crippen molar-refractivity contribution in [2.45, 2.75) is 25.3 Å². The van der Waals surface area contributed by atoms with Crippen LogP contribution >= 0.6 is 0 Å². The number of halogens is 1. The van der Waals surface area contributed by atoms with Gasteiger partial charge in [0.25, 0.3) is 0 Å². The van der Waals surface area contributed by atoms with E-state index in [1.165, 1.54) is 17.7 Å². The van der Waals surface area contributed by atoms with Crippen molar-refractivity contribution < 1.29 is 18.7 Å². The molecule has 0 radical (unpaired) electrons. The number of urea groups is 1. The predicted molar refractivity (Wildman–Crippen MR) is 115 cm³/mol. The number of amides is 2. The van der Waals surface area contributed by atoms with Gasteiger partial charge in [-0.2, -0.15) is 0 Å². The second-order valence-corrected chi connectivity index (χ2v) is 7.83. The summed E-state index contributed by atoms with van der Waals surface area (Å²) in [4.78, 5) is 27.5. The lowest BCUT2D eigenvalue weighted by Gasteiger charge is -2.31. The van der Waals surface area contributed by atoms with Gasteiger partial charge in [0.05, 0.1) is 18.2 Å². The number of likely N-dealkylation sites (tertiary alicyclic amines) is 1. The lowest BCUT2D eigenvalue weighted by molar-refractivity contribution is -0.139. The maximum absolute atomic E-state index is 13.4. The van der Waals surface area contributed by atoms with Crippen LogP contribution in [0, 0.1) is 5.82 Å². The summed E-state index contributed by atoms with van der Waals surface area (Å²) in [6.07, 6.45) is 1.01. The van der Waals surface area contributed by atoms with Crippen molar-refractivity contribution in [2.24, 2.45) is 0 Å². The SMILES string of the molecule is CCOC(=O)C1=C(CN2CCC(c3ccccc3)C2)NC(=O)NC1c1ccc(F)cc1. The Balaban J connectivity index is 1.61. The summed E-state index contributed by atoms with van der Waals surface area (Å²) < 4.78 is 18.7. The van der Waals surface area contributed by atoms with Gasteiger partial charge in [0.1, 0.15) is 5.82 Å². The van der Waals surface area contributed by atoms with Gasteiger partial charge in [0.2, 0.25) is 0 Å². The van der Waals surface area contributed by atoms with E-state index < -0.39 is 18.0 Å². The monoisotopic (exact) mass is 423 g/mol. The van der Waals surface area contributed by atoms with Gasteiger partial charge in [-0.3, -0.25) is 4.90 Å². The standard InChI is InChI=1S/C24H26FN3O3/c1-2-31-23(29)21-20(15-28-13-12-18(14-28)16-6-4-3-5-7-16)26-24(30)27-22(21)17-8-10-19(25)11-9-17/h3-11,18,22H,2,12-15H2,1H3,(H2,26,27,30). The third kappa shape index (κ3) is 4.77. The predicted octanol–water partition coefficient (Wildman–Crippen LogP) is 3.49. The number of esters is 1. The topological polar surface area (TPSA) is 70.7 Å². The molecule has 0 bridgehead atoms. The Bertz CT molecular complexity index is 975. The summed E-state index contributed by atoms with van der Waals surface area (Å²) in [6.45, 7) is 4.10. The summed E-state index contributed by atoms with van der Waals surface area (Å²) >= 11 is 0. The number of benzene rings is 2. The zero-order valence-corrected chi connectivity index (χ0v) is 17.4. The molecule has 2 unspecified atom stereocenters. The largest absolute Gasteiger partial charge is 0.463 e. The van der Waals surface area contributed by atoms with Gasteiger partial charge in [-0.1, -0.05) is 42.5 Å². The first kappa shape index (κ1) is 21.1. The highest BCUT2D eigenvalue weighted by Gasteiger charge is 2.35. The van der Waals surface area contributed by atoms with Gasteiger partial charge >= 0.3 is 12.0 Å². The average molecular weight is 423 g/mol. The van der Waals surface area contributed by atoms with Crippen molar-refractivity contribution in [3.8, 4) is 0 Å². The molecule has 4 rings (SSSR count). The molecular formula is C24H26FN3O3. The normalized spacial score (nSPS) is 21.5. The average Bonchev–Trinajstić information content (AvgIpc) is 3.23. The summed E-state index contributed by atoms with van der Waals surface area (Å²) in [6, 6.07) is 15.0. The molecule has 2 N–H and O–H groups in total. The number of nitrogens with one attached hydrogen (secondary N) is 2. The Labute approximate surface area is 181 Å². The number of rotatable bonds is 6. The highest BCUT2D eigenvalue weighted by Crippen LogP contribution is 2.31. The molecule has 162 valence electrons. The molecule has 0 aromatic heterocycles. The number of ether oxygens (including phenoxy) is 1. The molecule has 1 fully saturated rings. The Morgan fingerprint density at radius 1 is 1.13 bits per heavy atom. The number of hydrogen-bond acceptors (Lipinski definition) is 4. The van der Waals surface area contributed by atoms with E-state index in [0.717, 1.165) is 19.5 Å². The van der Waals surface area contributed by atoms with Crippen LogP contribution in [0.4, 0.5) is 9.18 Å². The Morgan fingerprint density at radius 2 is 1.87 bits per heavy atom. The zero-order valence-electron chi connectivity index (χ0n) is 17.4. The van der Waals surface area contributed by atoms with Crippen LogP contribution in [-0.2, 0) is 9.53 Å². The Morgan fingerprint density at radius 3 is 2.58 bits per heavy atom. The molecule has 0 spiro atoms. The van der Waals surface area contributed by atoms with Crippen molar-refractivity contribution in [3.63, 3.8) is 0 Å². The first-order chi connectivity index (χ1) is 15.0. The molecule has 2 atom stereocenters. The van der Waals surface area contributed by atoms with Crippen LogP contribution in [0.15, 0.2) is 65.9 Å². The van der Waals surface area contributed by atoms with E-state index in [0.29, 0.717) is 29.3 Å². The first-order valence-corrected chi connectivity index (χ1v) is 10.6. The van der Waals surface area contributed by atoms with Gasteiger partial charge in [-0.05, 0) is 49.1 Å². The van der Waals surface area contributed by atoms with Crippen LogP contribution in [0.1, 0.15) is 36.4 Å². The molecule has 2 heterocycles. The van der Waals surface area contributed by atoms with Gasteiger partial charge in [-0.25, -0.2) is 14.0 Å². The van der Waals surface area contributed by atoms with Crippen molar-refractivity contribution in [2.75, 3.05) is 26.2 Å². The minimum atomic E-state index is -0.698. The molecular weight excluding hydrogens is 397 g/mol. The van der Waals surface area contributed by atoms with Gasteiger partial charge in [0, 0.05) is 18.8 Å². The van der Waals surface area contributed by atoms with Crippen LogP contribution in [0.5, 0.6) is 0 Å². The van der Waals surface area contributed by atoms with Crippen molar-refractivity contribution in [1.82, 2.24) is 15.5 Å². The molecule has 2 aliphatic heterocycles. The van der Waals surface area contributed by atoms with Gasteiger partial charge in [-0.15, -0.1) is 0 Å². The summed E-state index contributed by atoms with van der Waals surface area (Å²) in [5.41, 5.74) is 2.81. The van der Waals surface area contributed by atoms with Crippen LogP contribution in [-0.4, -0.2) is 43.1 Å². The summed E-state index contributed by atoms with van der Waals surface area (Å²) in [7, 11) is 0. The van der Waals surface area contributed by atoms with Crippen molar-refractivity contribution >= 4 is 12.0 Å². The van der Waals surface area contributed by atoms with Gasteiger partial charge < -0.3 is 15.4 Å². The maximum Gasteiger partial charge on any atom is 0.338 e. The number of carbonyl (C=O) groups is 2. The lowest BCUT2D eigenvalue weighted by atomic mass is 9.95. The minimum Gasteiger partial charge on any atom is -0.463 e. The van der Waals surface area contributed by atoms with Gasteiger partial charge in [0.15, 0.2) is 0 Å². The molecule has 0 aliphatic carbocycles. The lowest BCUT2D eigenvalue weighted by Crippen LogP contribution is -2.48. The molecule has 1 saturated heterocycles. The Hall–Kier alpha value is -3.19. The third-order valence-electron chi connectivity index (χ3n) is 5.78. The second-order valence-electron chi connectivity index (χ2n) is 7.83. The van der Waals surface area contributed by atoms with E-state index in [2.05, 4.69) is 27.7 Å². The van der Waals surface area contributed by atoms with E-state index in [-0.39, 0.29) is 12.4 Å². The summed E-state index contributed by atoms with van der Waals surface area (Å²) in [5, 5.41) is 5.59. The van der Waals surface area contributed by atoms with Crippen LogP contribution in [0.3, 0.4) is 0 Å². The van der Waals surface area contributed by atoms with E-state index >= 15 is 0 Å². The molecule has 7 heteroatoms. The maximum atomic E-state index is 13.4. The summed E-state index contributed by atoms with van der Waals surface area (Å²) in [5.74, 6) is -0.453. The first-order valence-electron chi connectivity index (χ1n) is 10.6. The van der Waals surface area contributed by atoms with E-state index in [9.17, 15) is 14.0 Å². The van der Waals surface area contributed by atoms with Crippen molar-refractivity contribution in [3.05, 3.63) is 82.8 Å². The molecule has 2 amide bonds. The fourth-order valence-corrected chi connectivity index (χ4v) is 4.29. The van der Waals surface area contributed by atoms with Crippen LogP contribution in [0.25, 0.3) is 0 Å². The van der Waals surface area contributed by atoms with Crippen LogP contribution in [0.2, 0.25) is 0 Å².